The maximum atomic E-state index is 13.9. The lowest BCUT2D eigenvalue weighted by Gasteiger charge is -2.37. The molecule has 2 heterocycles. The molecule has 2 aliphatic rings. The quantitative estimate of drug-likeness (QED) is 0.353. The zero-order chi connectivity index (χ0) is 25.7. The van der Waals surface area contributed by atoms with Crippen LogP contribution in [0, 0.1) is 0 Å². The van der Waals surface area contributed by atoms with Crippen molar-refractivity contribution in [2.45, 2.75) is 75.5 Å². The summed E-state index contributed by atoms with van der Waals surface area (Å²) in [5.74, 6) is 1.17. The number of pyridine rings is 1. The molecule has 1 saturated carbocycles. The Hall–Kier alpha value is -1.88. The van der Waals surface area contributed by atoms with Crippen molar-refractivity contribution in [3.63, 3.8) is 0 Å². The van der Waals surface area contributed by atoms with Crippen LogP contribution in [0.4, 0.5) is 0 Å². The third-order valence-electron chi connectivity index (χ3n) is 6.76. The lowest BCUT2D eigenvalue weighted by Crippen LogP contribution is -2.51. The van der Waals surface area contributed by atoms with Gasteiger partial charge in [-0.25, -0.2) is 18.1 Å². The van der Waals surface area contributed by atoms with Crippen molar-refractivity contribution in [1.29, 1.82) is 0 Å². The maximum absolute atomic E-state index is 13.9. The van der Waals surface area contributed by atoms with Gasteiger partial charge in [0.2, 0.25) is 10.0 Å². The van der Waals surface area contributed by atoms with E-state index in [-0.39, 0.29) is 24.1 Å². The van der Waals surface area contributed by atoms with E-state index in [1.54, 1.807) is 0 Å². The number of para-hydroxylation sites is 1. The lowest BCUT2D eigenvalue weighted by molar-refractivity contribution is 0.0567. The average Bonchev–Trinajstić information content (AvgIpc) is 3.35. The van der Waals surface area contributed by atoms with Gasteiger partial charge < -0.3 is 15.0 Å². The predicted molar refractivity (Wildman–Crippen MR) is 145 cm³/mol. The fourth-order valence-corrected chi connectivity index (χ4v) is 6.66. The van der Waals surface area contributed by atoms with E-state index in [2.05, 4.69) is 23.9 Å². The number of thioether (sulfide) groups is 1. The number of nitrogens with one attached hydrogen (secondary N) is 2. The highest BCUT2D eigenvalue weighted by molar-refractivity contribution is 7.99. The molecule has 198 valence electrons. The fourth-order valence-electron chi connectivity index (χ4n) is 5.11. The second-order valence-corrected chi connectivity index (χ2v) is 13.0. The zero-order valence-electron chi connectivity index (χ0n) is 21.5. The molecule has 0 radical (unpaired) electrons. The van der Waals surface area contributed by atoms with Crippen molar-refractivity contribution in [3.8, 4) is 5.75 Å². The van der Waals surface area contributed by atoms with Crippen LogP contribution in [0.3, 0.4) is 0 Å². The van der Waals surface area contributed by atoms with Crippen molar-refractivity contribution >= 4 is 38.6 Å². The number of piperidine rings is 1. The van der Waals surface area contributed by atoms with E-state index in [4.69, 9.17) is 9.72 Å². The second kappa shape index (κ2) is 12.1. The minimum atomic E-state index is -3.26. The van der Waals surface area contributed by atoms with Gasteiger partial charge in [0, 0.05) is 41.2 Å². The molecular weight excluding hydrogens is 496 g/mol. The van der Waals surface area contributed by atoms with Crippen LogP contribution in [0.15, 0.2) is 29.2 Å². The van der Waals surface area contributed by atoms with Crippen LogP contribution in [0.1, 0.15) is 62.9 Å². The van der Waals surface area contributed by atoms with Gasteiger partial charge in [-0.15, -0.1) is 11.8 Å². The highest BCUT2D eigenvalue weighted by atomic mass is 32.2. The highest BCUT2D eigenvalue weighted by Crippen LogP contribution is 2.35. The van der Waals surface area contributed by atoms with Gasteiger partial charge in [-0.1, -0.05) is 12.1 Å². The number of nitrogens with zero attached hydrogens (tertiary/aromatic N) is 2. The van der Waals surface area contributed by atoms with Gasteiger partial charge in [-0.2, -0.15) is 0 Å². The standard InChI is InChI=1S/C26H38N4O4S2/c1-18(2)30(19-8-7-13-27-17-19)26(31)22-16-24(35-15-14-28-36(3,32)33)21-11-6-12-23(25(21)29-22)34-20-9-4-5-10-20/h6,11-12,16,18-20,27-28H,4-5,7-10,13-15,17H2,1-3H3/t19-/m1/s1. The summed E-state index contributed by atoms with van der Waals surface area (Å²) in [5, 5.41) is 4.34. The Morgan fingerprint density at radius 2 is 2.03 bits per heavy atom. The Morgan fingerprint density at radius 3 is 2.69 bits per heavy atom. The molecule has 2 fully saturated rings. The first-order valence-electron chi connectivity index (χ1n) is 12.9. The number of ether oxygens (including phenoxy) is 1. The molecule has 0 spiro atoms. The van der Waals surface area contributed by atoms with Gasteiger partial charge in [-0.05, 0) is 71.0 Å². The van der Waals surface area contributed by atoms with E-state index in [1.807, 2.05) is 29.2 Å². The van der Waals surface area contributed by atoms with Gasteiger partial charge in [-0.3, -0.25) is 4.79 Å². The Bertz CT molecular complexity index is 1160. The van der Waals surface area contributed by atoms with Crippen LogP contribution in [-0.4, -0.2) is 74.0 Å². The van der Waals surface area contributed by atoms with E-state index >= 15 is 0 Å². The van der Waals surface area contributed by atoms with Crippen LogP contribution < -0.4 is 14.8 Å². The van der Waals surface area contributed by atoms with Crippen molar-refractivity contribution in [1.82, 2.24) is 19.9 Å². The molecular formula is C26H38N4O4S2. The van der Waals surface area contributed by atoms with Gasteiger partial charge >= 0.3 is 0 Å². The number of sulfonamides is 1. The average molecular weight is 535 g/mol. The molecule has 2 N–H and O–H groups in total. The molecule has 1 aromatic heterocycles. The van der Waals surface area contributed by atoms with Gasteiger partial charge in [0.25, 0.3) is 5.91 Å². The number of amides is 1. The molecule has 36 heavy (non-hydrogen) atoms. The Balaban J connectivity index is 1.70. The minimum absolute atomic E-state index is 0.0416. The molecule has 8 nitrogen and oxygen atoms in total. The number of benzene rings is 1. The molecule has 4 rings (SSSR count). The number of aromatic nitrogens is 1. The van der Waals surface area contributed by atoms with E-state index in [0.717, 1.165) is 55.3 Å². The highest BCUT2D eigenvalue weighted by Gasteiger charge is 2.30. The van der Waals surface area contributed by atoms with Crippen molar-refractivity contribution in [2.24, 2.45) is 0 Å². The van der Waals surface area contributed by atoms with Crippen LogP contribution in [-0.2, 0) is 10.0 Å². The van der Waals surface area contributed by atoms with Crippen LogP contribution in [0.5, 0.6) is 5.75 Å². The molecule has 1 aliphatic heterocycles. The summed E-state index contributed by atoms with van der Waals surface area (Å²) < 4.78 is 31.9. The first kappa shape index (κ1) is 27.2. The van der Waals surface area contributed by atoms with Crippen molar-refractivity contribution < 1.29 is 17.9 Å². The molecule has 1 saturated heterocycles. The SMILES string of the molecule is CC(C)N(C(=O)c1cc(SCCNS(C)(=O)=O)c2cccc(OC3CCCC3)c2n1)[C@@H]1CCCNC1. The van der Waals surface area contributed by atoms with Gasteiger partial charge in [0.1, 0.15) is 17.0 Å². The van der Waals surface area contributed by atoms with Crippen molar-refractivity contribution in [2.75, 3.05) is 31.6 Å². The molecule has 1 aliphatic carbocycles. The Labute approximate surface area is 219 Å². The smallest absolute Gasteiger partial charge is 0.273 e. The van der Waals surface area contributed by atoms with Gasteiger partial charge in [0.15, 0.2) is 0 Å². The number of hydrogen-bond donors (Lipinski definition) is 2. The lowest BCUT2D eigenvalue weighted by atomic mass is 10.0. The summed E-state index contributed by atoms with van der Waals surface area (Å²) in [7, 11) is -3.26. The number of carbonyl (C=O) groups is 1. The molecule has 1 atom stereocenters. The van der Waals surface area contributed by atoms with E-state index in [1.165, 1.54) is 24.6 Å². The molecule has 1 amide bonds. The Morgan fingerprint density at radius 1 is 1.25 bits per heavy atom. The Kier molecular flexibility index (Phi) is 9.14. The molecule has 0 bridgehead atoms. The minimum Gasteiger partial charge on any atom is -0.488 e. The van der Waals surface area contributed by atoms with E-state index < -0.39 is 10.0 Å². The third-order valence-corrected chi connectivity index (χ3v) is 8.54. The number of rotatable bonds is 10. The molecule has 1 aromatic carbocycles. The normalized spacial score (nSPS) is 19.2. The topological polar surface area (TPSA) is 101 Å². The summed E-state index contributed by atoms with van der Waals surface area (Å²) in [5.41, 5.74) is 1.10. The number of hydrogen-bond acceptors (Lipinski definition) is 7. The maximum Gasteiger partial charge on any atom is 0.273 e. The summed E-state index contributed by atoms with van der Waals surface area (Å²) >= 11 is 1.52. The fraction of sp³-hybridized carbons (Fsp3) is 0.615. The summed E-state index contributed by atoms with van der Waals surface area (Å²) in [4.78, 5) is 21.6. The summed E-state index contributed by atoms with van der Waals surface area (Å²) in [6, 6.07) is 7.93. The van der Waals surface area contributed by atoms with Crippen LogP contribution in [0.2, 0.25) is 0 Å². The zero-order valence-corrected chi connectivity index (χ0v) is 23.1. The first-order chi connectivity index (χ1) is 17.2. The third kappa shape index (κ3) is 6.90. The predicted octanol–water partition coefficient (Wildman–Crippen LogP) is 3.80. The van der Waals surface area contributed by atoms with Crippen LogP contribution in [0.25, 0.3) is 10.9 Å². The number of carbonyl (C=O) groups excluding carboxylic acids is 1. The van der Waals surface area contributed by atoms with E-state index in [0.29, 0.717) is 29.3 Å². The van der Waals surface area contributed by atoms with Gasteiger partial charge in [0.05, 0.1) is 12.4 Å². The monoisotopic (exact) mass is 534 g/mol. The molecule has 0 unspecified atom stereocenters. The molecule has 2 aromatic rings. The van der Waals surface area contributed by atoms with E-state index in [9.17, 15) is 13.2 Å². The second-order valence-electron chi connectivity index (χ2n) is 10.0. The summed E-state index contributed by atoms with van der Waals surface area (Å²) in [6.07, 6.45) is 7.74. The van der Waals surface area contributed by atoms with Crippen LogP contribution >= 0.6 is 11.8 Å². The summed E-state index contributed by atoms with van der Waals surface area (Å²) in [6.45, 7) is 6.17. The van der Waals surface area contributed by atoms with Crippen molar-refractivity contribution in [3.05, 3.63) is 30.0 Å². The largest absolute Gasteiger partial charge is 0.488 e. The number of fused-ring (bicyclic) bond motifs is 1. The molecule has 10 heteroatoms. The first-order valence-corrected chi connectivity index (χ1v) is 15.8.